The van der Waals surface area contributed by atoms with Crippen molar-refractivity contribution in [3.8, 4) is 0 Å². The molecular formula is C22H36OP2. The topological polar surface area (TPSA) is 17.1 Å². The van der Waals surface area contributed by atoms with Crippen molar-refractivity contribution in [2.45, 2.75) is 102 Å². The highest BCUT2D eigenvalue weighted by Crippen LogP contribution is 2.66. The Bertz CT molecular complexity index is 598. The summed E-state index contributed by atoms with van der Waals surface area (Å²) in [6, 6.07) is 9.01. The van der Waals surface area contributed by atoms with Crippen molar-refractivity contribution >= 4 is 25.7 Å². The molecule has 0 amide bonds. The molecule has 4 unspecified atom stereocenters. The predicted molar refractivity (Wildman–Crippen MR) is 115 cm³/mol. The Hall–Kier alpha value is -0.120. The van der Waals surface area contributed by atoms with Crippen LogP contribution in [-0.4, -0.2) is 22.6 Å². The summed E-state index contributed by atoms with van der Waals surface area (Å²) in [5.74, 6) is 0. The molecule has 1 aromatic rings. The van der Waals surface area contributed by atoms with Gasteiger partial charge in [0.1, 0.15) is 7.14 Å². The molecule has 2 aliphatic rings. The zero-order chi connectivity index (χ0) is 18.0. The Morgan fingerprint density at radius 3 is 1.84 bits per heavy atom. The third-order valence-electron chi connectivity index (χ3n) is 6.96. The standard InChI is InChI=1S/C22H36OP2/c1-5-17-13-14-18(6-2)24(17)21-11-9-10-12-22(21)25(23)19(7-3)15-16-20(25)8-4/h9-12,17-20H,5-8,13-16H2,1-4H3/t17-,18?,19-,20?,24?,25?/m1/s1. The van der Waals surface area contributed by atoms with Crippen molar-refractivity contribution in [3.05, 3.63) is 24.3 Å². The molecule has 3 rings (SSSR count). The van der Waals surface area contributed by atoms with Crippen LogP contribution in [-0.2, 0) is 4.57 Å². The number of benzene rings is 1. The summed E-state index contributed by atoms with van der Waals surface area (Å²) in [5.41, 5.74) is 2.54. The molecule has 2 aliphatic heterocycles. The molecule has 2 heterocycles. The van der Waals surface area contributed by atoms with Crippen molar-refractivity contribution in [3.63, 3.8) is 0 Å². The quantitative estimate of drug-likeness (QED) is 0.518. The van der Waals surface area contributed by atoms with Crippen molar-refractivity contribution in [1.29, 1.82) is 0 Å². The molecule has 0 aromatic heterocycles. The van der Waals surface area contributed by atoms with Gasteiger partial charge in [-0.25, -0.2) is 0 Å². The Balaban J connectivity index is 2.11. The van der Waals surface area contributed by atoms with Gasteiger partial charge in [-0.2, -0.15) is 0 Å². The van der Waals surface area contributed by atoms with E-state index in [1.165, 1.54) is 49.1 Å². The highest BCUT2D eigenvalue weighted by Gasteiger charge is 2.48. The molecule has 140 valence electrons. The van der Waals surface area contributed by atoms with Crippen LogP contribution in [0.15, 0.2) is 24.3 Å². The zero-order valence-electron chi connectivity index (χ0n) is 16.6. The number of rotatable bonds is 6. The summed E-state index contributed by atoms with van der Waals surface area (Å²) >= 11 is 0. The van der Waals surface area contributed by atoms with Gasteiger partial charge in [-0.1, -0.05) is 59.9 Å². The summed E-state index contributed by atoms with van der Waals surface area (Å²) < 4.78 is 14.5. The lowest BCUT2D eigenvalue weighted by Crippen LogP contribution is -2.32. The number of hydrogen-bond acceptors (Lipinski definition) is 1. The van der Waals surface area contributed by atoms with Crippen LogP contribution in [0.5, 0.6) is 0 Å². The summed E-state index contributed by atoms with van der Waals surface area (Å²) in [5, 5.41) is 2.85. The number of hydrogen-bond donors (Lipinski definition) is 0. The summed E-state index contributed by atoms with van der Waals surface area (Å²) in [6.07, 6.45) is 9.84. The highest BCUT2D eigenvalue weighted by atomic mass is 31.2. The van der Waals surface area contributed by atoms with Crippen molar-refractivity contribution in [2.75, 3.05) is 0 Å². The molecular weight excluding hydrogens is 342 g/mol. The lowest BCUT2D eigenvalue weighted by molar-refractivity contribution is 0.569. The smallest absolute Gasteiger partial charge is 0.122 e. The van der Waals surface area contributed by atoms with Crippen LogP contribution in [0.1, 0.15) is 79.1 Å². The van der Waals surface area contributed by atoms with E-state index >= 15 is 0 Å². The van der Waals surface area contributed by atoms with Gasteiger partial charge in [-0.3, -0.25) is 0 Å². The molecule has 25 heavy (non-hydrogen) atoms. The summed E-state index contributed by atoms with van der Waals surface area (Å²) in [7, 11) is -2.45. The van der Waals surface area contributed by atoms with Crippen LogP contribution in [0, 0.1) is 0 Å². The first-order valence-corrected chi connectivity index (χ1v) is 13.9. The predicted octanol–water partition coefficient (Wildman–Crippen LogP) is 6.48. The maximum Gasteiger partial charge on any atom is 0.122 e. The molecule has 1 nitrogen and oxygen atoms in total. The lowest BCUT2D eigenvalue weighted by Gasteiger charge is -2.32. The lowest BCUT2D eigenvalue weighted by atomic mass is 10.1. The second-order valence-corrected chi connectivity index (χ2v) is 14.1. The van der Waals surface area contributed by atoms with Gasteiger partial charge in [0.15, 0.2) is 0 Å². The second-order valence-electron chi connectivity index (χ2n) is 8.01. The molecule has 1 aromatic carbocycles. The van der Waals surface area contributed by atoms with Gasteiger partial charge in [-0.05, 0) is 68.0 Å². The molecule has 3 heteroatoms. The van der Waals surface area contributed by atoms with Gasteiger partial charge in [-0.15, -0.1) is 0 Å². The molecule has 0 N–H and O–H groups in total. The largest absolute Gasteiger partial charge is 0.318 e. The maximum atomic E-state index is 14.5. The van der Waals surface area contributed by atoms with Gasteiger partial charge < -0.3 is 4.57 Å². The molecule has 0 saturated carbocycles. The molecule has 0 spiro atoms. The average Bonchev–Trinajstić information content (AvgIpc) is 3.22. The van der Waals surface area contributed by atoms with Crippen LogP contribution >= 0.6 is 15.1 Å². The average molecular weight is 378 g/mol. The van der Waals surface area contributed by atoms with Crippen LogP contribution in [0.4, 0.5) is 0 Å². The van der Waals surface area contributed by atoms with Gasteiger partial charge >= 0.3 is 0 Å². The molecule has 2 fully saturated rings. The SMILES string of the molecule is CCC1CC[C@@H](CC)P1c1ccccc1P1(=O)C(CC)CC[C@H]1CC. The van der Waals surface area contributed by atoms with Crippen LogP contribution in [0.3, 0.4) is 0 Å². The van der Waals surface area contributed by atoms with E-state index in [1.54, 1.807) is 0 Å². The van der Waals surface area contributed by atoms with Crippen LogP contribution < -0.4 is 10.6 Å². The van der Waals surface area contributed by atoms with Crippen molar-refractivity contribution in [1.82, 2.24) is 0 Å². The minimum Gasteiger partial charge on any atom is -0.318 e. The van der Waals surface area contributed by atoms with E-state index in [1.807, 2.05) is 0 Å². The van der Waals surface area contributed by atoms with Gasteiger partial charge in [0, 0.05) is 16.6 Å². The first-order chi connectivity index (χ1) is 12.1. The first-order valence-electron chi connectivity index (χ1n) is 10.6. The fourth-order valence-electron chi connectivity index (χ4n) is 5.54. The molecule has 0 bridgehead atoms. The molecule has 0 radical (unpaired) electrons. The first kappa shape index (κ1) is 19.6. The fourth-order valence-corrected chi connectivity index (χ4v) is 14.3. The van der Waals surface area contributed by atoms with Gasteiger partial charge in [0.25, 0.3) is 0 Å². The summed E-state index contributed by atoms with van der Waals surface area (Å²) in [4.78, 5) is 0. The van der Waals surface area contributed by atoms with E-state index in [4.69, 9.17) is 0 Å². The summed E-state index contributed by atoms with van der Waals surface area (Å²) in [6.45, 7) is 9.23. The Morgan fingerprint density at radius 2 is 1.36 bits per heavy atom. The van der Waals surface area contributed by atoms with Crippen LogP contribution in [0.25, 0.3) is 0 Å². The Kier molecular flexibility index (Phi) is 6.50. The molecule has 0 aliphatic carbocycles. The Labute approximate surface area is 156 Å². The Morgan fingerprint density at radius 1 is 0.840 bits per heavy atom. The van der Waals surface area contributed by atoms with Gasteiger partial charge in [0.2, 0.25) is 0 Å². The third kappa shape index (κ3) is 3.30. The van der Waals surface area contributed by atoms with E-state index in [0.29, 0.717) is 11.3 Å². The van der Waals surface area contributed by atoms with Crippen molar-refractivity contribution in [2.24, 2.45) is 0 Å². The normalized spacial score (nSPS) is 38.3. The maximum absolute atomic E-state index is 14.5. The van der Waals surface area contributed by atoms with E-state index in [9.17, 15) is 4.57 Å². The van der Waals surface area contributed by atoms with E-state index in [-0.39, 0.29) is 7.92 Å². The molecule has 6 atom stereocenters. The fraction of sp³-hybridized carbons (Fsp3) is 0.727. The van der Waals surface area contributed by atoms with E-state index < -0.39 is 7.14 Å². The molecule has 2 saturated heterocycles. The van der Waals surface area contributed by atoms with E-state index in [0.717, 1.165) is 24.2 Å². The van der Waals surface area contributed by atoms with Gasteiger partial charge in [0.05, 0.1) is 0 Å². The zero-order valence-corrected chi connectivity index (χ0v) is 18.4. The highest BCUT2D eigenvalue weighted by molar-refractivity contribution is 7.77. The minimum absolute atomic E-state index is 0.156. The monoisotopic (exact) mass is 378 g/mol. The third-order valence-corrected chi connectivity index (χ3v) is 15.5. The van der Waals surface area contributed by atoms with Crippen molar-refractivity contribution < 1.29 is 4.57 Å². The van der Waals surface area contributed by atoms with E-state index in [2.05, 4.69) is 52.0 Å². The van der Waals surface area contributed by atoms with Crippen LogP contribution in [0.2, 0.25) is 0 Å². The second kappa shape index (κ2) is 8.27. The minimum atomic E-state index is -2.29.